The van der Waals surface area contributed by atoms with Crippen LogP contribution in [0, 0.1) is 28.1 Å². The molecule has 0 radical (unpaired) electrons. The molecule has 0 aliphatic rings. The summed E-state index contributed by atoms with van der Waals surface area (Å²) in [6.07, 6.45) is 2.80. The highest BCUT2D eigenvalue weighted by Gasteiger charge is 2.34. The molecule has 0 fully saturated rings. The van der Waals surface area contributed by atoms with Gasteiger partial charge in [0.1, 0.15) is 5.84 Å². The molecule has 1 aromatic heterocycles. The fraction of sp³-hybridized carbons (Fsp3) is 0.500. The zero-order valence-corrected chi connectivity index (χ0v) is 23.0. The molecular weight excluding hydrogens is 492 g/mol. The van der Waals surface area contributed by atoms with Crippen LogP contribution in [0.2, 0.25) is 0 Å². The number of aryl methyl sites for hydroxylation is 2. The van der Waals surface area contributed by atoms with Crippen molar-refractivity contribution in [3.63, 3.8) is 0 Å². The Morgan fingerprint density at radius 1 is 1.03 bits per heavy atom. The van der Waals surface area contributed by atoms with Gasteiger partial charge < -0.3 is 21.1 Å². The Bertz CT molecular complexity index is 1330. The largest absolute Gasteiger partial charge is 0.384 e. The summed E-state index contributed by atoms with van der Waals surface area (Å²) in [6.45, 7) is 7.64. The summed E-state index contributed by atoms with van der Waals surface area (Å²) in [5.74, 6) is -2.79. The number of rotatable bonds is 15. The average Bonchev–Trinajstić information content (AvgIpc) is 3.19. The second-order valence-electron chi connectivity index (χ2n) is 9.34. The van der Waals surface area contributed by atoms with Gasteiger partial charge in [-0.15, -0.1) is 0 Å². The van der Waals surface area contributed by atoms with Crippen LogP contribution >= 0.6 is 0 Å². The molecule has 0 unspecified atom stereocenters. The van der Waals surface area contributed by atoms with Gasteiger partial charge in [0.2, 0.25) is 10.0 Å². The summed E-state index contributed by atoms with van der Waals surface area (Å²) in [6, 6.07) is 6.53. The minimum Gasteiger partial charge on any atom is -0.384 e. The number of hydrogen-bond donors (Lipinski definition) is 5. The fourth-order valence-electron chi connectivity index (χ4n) is 4.62. The lowest BCUT2D eigenvalue weighted by Crippen LogP contribution is -2.45. The van der Waals surface area contributed by atoms with E-state index in [1.54, 1.807) is 6.92 Å². The first kappa shape index (κ1) is 30.0. The van der Waals surface area contributed by atoms with E-state index in [9.17, 15) is 18.0 Å². The summed E-state index contributed by atoms with van der Waals surface area (Å²) >= 11 is 0. The molecule has 0 aliphatic carbocycles. The normalized spacial score (nSPS) is 14.2. The number of nitrogens with two attached hydrogens (primary N) is 1. The van der Waals surface area contributed by atoms with Gasteiger partial charge in [0.15, 0.2) is 11.6 Å². The minimum absolute atomic E-state index is 0.00123. The van der Waals surface area contributed by atoms with Crippen molar-refractivity contribution in [2.24, 2.45) is 17.6 Å². The van der Waals surface area contributed by atoms with Crippen molar-refractivity contribution < 1.29 is 18.0 Å². The van der Waals surface area contributed by atoms with E-state index in [0.29, 0.717) is 31.4 Å². The van der Waals surface area contributed by atoms with Gasteiger partial charge in [-0.1, -0.05) is 26.0 Å². The van der Waals surface area contributed by atoms with Crippen molar-refractivity contribution in [1.82, 2.24) is 9.29 Å². The minimum atomic E-state index is -3.66. The summed E-state index contributed by atoms with van der Waals surface area (Å²) in [5.41, 5.74) is 7.72. The van der Waals surface area contributed by atoms with Gasteiger partial charge in [0, 0.05) is 29.2 Å². The maximum absolute atomic E-state index is 13.2. The standard InChI is InChI=1S/C26H38N6O4S/c1-6-16(11-12-19-13-17-9-10-18(26(29)30)14-21(17)32(19)8-3)22(27)25(34)20(7-2)23(28)24(33)15(4)31-37(5,35)36/h9-10,13-16,20,27-28,31H,6-8,11-12H2,1-5H3,(H3,29,30)/t15-,16-,20+/m0/s1. The monoisotopic (exact) mass is 530 g/mol. The number of Topliss-reactive ketones (excluding diaryl/α,β-unsaturated/α-hetero) is 2. The number of amidine groups is 1. The maximum Gasteiger partial charge on any atom is 0.209 e. The van der Waals surface area contributed by atoms with Crippen LogP contribution in [0.15, 0.2) is 24.3 Å². The average molecular weight is 531 g/mol. The zero-order chi connectivity index (χ0) is 28.1. The number of nitrogen functional groups attached to an aromatic ring is 1. The van der Waals surface area contributed by atoms with E-state index in [1.807, 2.05) is 32.0 Å². The number of carbonyl (C=O) groups is 2. The van der Waals surface area contributed by atoms with E-state index >= 15 is 0 Å². The van der Waals surface area contributed by atoms with E-state index in [0.717, 1.165) is 22.9 Å². The van der Waals surface area contributed by atoms with Crippen molar-refractivity contribution in [3.05, 3.63) is 35.5 Å². The molecule has 3 atom stereocenters. The van der Waals surface area contributed by atoms with Crippen LogP contribution in [-0.4, -0.2) is 54.1 Å². The van der Waals surface area contributed by atoms with Crippen LogP contribution in [0.1, 0.15) is 58.2 Å². The second kappa shape index (κ2) is 12.4. The molecule has 0 bridgehead atoms. The number of sulfonamides is 1. The molecule has 202 valence electrons. The first-order valence-corrected chi connectivity index (χ1v) is 14.3. The third-order valence-corrected chi connectivity index (χ3v) is 7.44. The number of benzene rings is 1. The van der Waals surface area contributed by atoms with Gasteiger partial charge in [-0.2, -0.15) is 0 Å². The van der Waals surface area contributed by atoms with Crippen molar-refractivity contribution in [2.45, 2.75) is 66.0 Å². The molecule has 0 saturated heterocycles. The molecule has 10 nitrogen and oxygen atoms in total. The van der Waals surface area contributed by atoms with Crippen LogP contribution in [0.5, 0.6) is 0 Å². The molecule has 37 heavy (non-hydrogen) atoms. The Morgan fingerprint density at radius 3 is 2.19 bits per heavy atom. The zero-order valence-electron chi connectivity index (χ0n) is 22.1. The Kier molecular flexibility index (Phi) is 10.0. The number of fused-ring (bicyclic) bond motifs is 1. The van der Waals surface area contributed by atoms with E-state index in [1.165, 1.54) is 6.92 Å². The highest BCUT2D eigenvalue weighted by atomic mass is 32.2. The van der Waals surface area contributed by atoms with Gasteiger partial charge in [0.05, 0.1) is 29.6 Å². The predicted octanol–water partition coefficient (Wildman–Crippen LogP) is 3.05. The number of nitrogens with zero attached hydrogens (tertiary/aromatic N) is 1. The summed E-state index contributed by atoms with van der Waals surface area (Å²) in [5, 5.41) is 25.6. The first-order chi connectivity index (χ1) is 17.2. The van der Waals surface area contributed by atoms with E-state index in [2.05, 4.69) is 15.4 Å². The molecule has 1 heterocycles. The molecule has 0 saturated carbocycles. The van der Waals surface area contributed by atoms with Gasteiger partial charge in [-0.05, 0) is 57.0 Å². The Morgan fingerprint density at radius 2 is 1.68 bits per heavy atom. The maximum atomic E-state index is 13.2. The molecule has 0 aliphatic heterocycles. The number of carbonyl (C=O) groups excluding carboxylic acids is 2. The van der Waals surface area contributed by atoms with E-state index in [4.69, 9.17) is 22.0 Å². The van der Waals surface area contributed by atoms with Crippen LogP contribution in [0.4, 0.5) is 0 Å². The number of hydrogen-bond acceptors (Lipinski definition) is 7. The van der Waals surface area contributed by atoms with E-state index < -0.39 is 39.3 Å². The quantitative estimate of drug-likeness (QED) is 0.175. The molecule has 2 aromatic rings. The summed E-state index contributed by atoms with van der Waals surface area (Å²) in [7, 11) is -3.66. The molecule has 0 amide bonds. The van der Waals surface area contributed by atoms with Gasteiger partial charge >= 0.3 is 0 Å². The number of aromatic nitrogens is 1. The van der Waals surface area contributed by atoms with E-state index in [-0.39, 0.29) is 23.9 Å². The smallest absolute Gasteiger partial charge is 0.209 e. The van der Waals surface area contributed by atoms with Crippen LogP contribution < -0.4 is 10.5 Å². The molecule has 2 rings (SSSR count). The summed E-state index contributed by atoms with van der Waals surface area (Å²) < 4.78 is 27.2. The summed E-state index contributed by atoms with van der Waals surface area (Å²) in [4.78, 5) is 25.8. The van der Waals surface area contributed by atoms with Gasteiger partial charge in [0.25, 0.3) is 0 Å². The number of ketones is 2. The lowest BCUT2D eigenvalue weighted by Gasteiger charge is -2.22. The van der Waals surface area contributed by atoms with Crippen molar-refractivity contribution >= 4 is 49.8 Å². The van der Waals surface area contributed by atoms with Crippen molar-refractivity contribution in [2.75, 3.05) is 6.26 Å². The third kappa shape index (κ3) is 7.20. The molecule has 6 N–H and O–H groups in total. The molecule has 0 spiro atoms. The molecule has 1 aromatic carbocycles. The highest BCUT2D eigenvalue weighted by Crippen LogP contribution is 2.25. The van der Waals surface area contributed by atoms with Crippen LogP contribution in [-0.2, 0) is 32.6 Å². The Hall–Kier alpha value is -3.18. The molecule has 11 heteroatoms. The SMILES string of the molecule is CC[C@@H](CCc1cc2ccc(C(=N)N)cc2n1CC)C(=N)C(=O)[C@H](CC)C(=N)C(=O)[C@H](C)NS(C)(=O)=O. The lowest BCUT2D eigenvalue weighted by molar-refractivity contribution is -0.118. The molecular formula is C26H38N6O4S. The third-order valence-electron chi connectivity index (χ3n) is 6.66. The van der Waals surface area contributed by atoms with Crippen molar-refractivity contribution in [1.29, 1.82) is 16.2 Å². The van der Waals surface area contributed by atoms with Gasteiger partial charge in [-0.25, -0.2) is 13.1 Å². The Labute approximate surface area is 218 Å². The second-order valence-corrected chi connectivity index (χ2v) is 11.1. The predicted molar refractivity (Wildman–Crippen MR) is 147 cm³/mol. The topological polar surface area (TPSA) is 183 Å². The fourth-order valence-corrected chi connectivity index (χ4v) is 5.37. The van der Waals surface area contributed by atoms with Crippen LogP contribution in [0.25, 0.3) is 10.9 Å². The lowest BCUT2D eigenvalue weighted by atomic mass is 9.83. The highest BCUT2D eigenvalue weighted by molar-refractivity contribution is 7.88. The van der Waals surface area contributed by atoms with Crippen LogP contribution in [0.3, 0.4) is 0 Å². The first-order valence-electron chi connectivity index (χ1n) is 12.4. The van der Waals surface area contributed by atoms with Gasteiger partial charge in [-0.3, -0.25) is 15.0 Å². The van der Waals surface area contributed by atoms with Crippen molar-refractivity contribution in [3.8, 4) is 0 Å². The Balaban J connectivity index is 2.20. The number of nitrogens with one attached hydrogen (secondary N) is 4.